The van der Waals surface area contributed by atoms with E-state index >= 15 is 0 Å². The standard InChI is InChI=1S/C19H15FN2O2/c20-16-10-15(18-8-4-5-9-21-18)11-17(12-16)22-19(23)24-13-14-6-2-1-3-7-14/h1-12H,13H2,(H,22,23). The van der Waals surface area contributed by atoms with E-state index in [1.165, 1.54) is 12.1 Å². The summed E-state index contributed by atoms with van der Waals surface area (Å²) in [5.41, 5.74) is 2.39. The van der Waals surface area contributed by atoms with Crippen LogP contribution in [0.1, 0.15) is 5.56 Å². The van der Waals surface area contributed by atoms with Crippen molar-refractivity contribution >= 4 is 11.8 Å². The Labute approximate surface area is 138 Å². The summed E-state index contributed by atoms with van der Waals surface area (Å²) in [5.74, 6) is -0.462. The first-order valence-corrected chi connectivity index (χ1v) is 7.40. The molecule has 1 heterocycles. The lowest BCUT2D eigenvalue weighted by Crippen LogP contribution is -2.13. The van der Waals surface area contributed by atoms with E-state index in [2.05, 4.69) is 10.3 Å². The van der Waals surface area contributed by atoms with Crippen LogP contribution in [0.25, 0.3) is 11.3 Å². The van der Waals surface area contributed by atoms with Crippen LogP contribution in [0.2, 0.25) is 0 Å². The number of nitrogens with zero attached hydrogens (tertiary/aromatic N) is 1. The quantitative estimate of drug-likeness (QED) is 0.761. The third-order valence-corrected chi connectivity index (χ3v) is 3.32. The summed E-state index contributed by atoms with van der Waals surface area (Å²) < 4.78 is 18.9. The van der Waals surface area contributed by atoms with Crippen LogP contribution < -0.4 is 5.32 Å². The summed E-state index contributed by atoms with van der Waals surface area (Å²) in [6.45, 7) is 0.148. The Kier molecular flexibility index (Phi) is 4.81. The van der Waals surface area contributed by atoms with Crippen molar-refractivity contribution in [1.82, 2.24) is 4.98 Å². The number of rotatable bonds is 4. The molecule has 0 saturated carbocycles. The minimum Gasteiger partial charge on any atom is -0.444 e. The second kappa shape index (κ2) is 7.37. The number of anilines is 1. The highest BCUT2D eigenvalue weighted by atomic mass is 19.1. The number of amides is 1. The number of carbonyl (C=O) groups is 1. The van der Waals surface area contributed by atoms with Gasteiger partial charge in [0.05, 0.1) is 5.69 Å². The Morgan fingerprint density at radius 1 is 1.04 bits per heavy atom. The third kappa shape index (κ3) is 4.16. The first kappa shape index (κ1) is 15.7. The fraction of sp³-hybridized carbons (Fsp3) is 0.0526. The van der Waals surface area contributed by atoms with Crippen LogP contribution in [0.15, 0.2) is 72.9 Å². The molecule has 24 heavy (non-hydrogen) atoms. The van der Waals surface area contributed by atoms with Gasteiger partial charge in [-0.3, -0.25) is 10.3 Å². The lowest BCUT2D eigenvalue weighted by molar-refractivity contribution is 0.155. The molecular weight excluding hydrogens is 307 g/mol. The normalized spacial score (nSPS) is 10.2. The fourth-order valence-electron chi connectivity index (χ4n) is 2.22. The van der Waals surface area contributed by atoms with Crippen molar-refractivity contribution in [3.63, 3.8) is 0 Å². The SMILES string of the molecule is O=C(Nc1cc(F)cc(-c2ccccn2)c1)OCc1ccccc1. The molecule has 1 amide bonds. The van der Waals surface area contributed by atoms with Crippen LogP contribution in [0.3, 0.4) is 0 Å². The third-order valence-electron chi connectivity index (χ3n) is 3.32. The van der Waals surface area contributed by atoms with Crippen molar-refractivity contribution < 1.29 is 13.9 Å². The zero-order valence-corrected chi connectivity index (χ0v) is 12.8. The molecule has 0 aliphatic heterocycles. The van der Waals surface area contributed by atoms with E-state index in [0.29, 0.717) is 16.9 Å². The van der Waals surface area contributed by atoms with Crippen molar-refractivity contribution in [2.45, 2.75) is 6.61 Å². The molecule has 1 N–H and O–H groups in total. The summed E-state index contributed by atoms with van der Waals surface area (Å²) in [6.07, 6.45) is 0.984. The van der Waals surface area contributed by atoms with E-state index in [9.17, 15) is 9.18 Å². The van der Waals surface area contributed by atoms with Gasteiger partial charge in [0.25, 0.3) is 0 Å². The molecule has 120 valence electrons. The second-order valence-electron chi connectivity index (χ2n) is 5.13. The number of benzene rings is 2. The Morgan fingerprint density at radius 2 is 1.83 bits per heavy atom. The van der Waals surface area contributed by atoms with E-state index in [0.717, 1.165) is 5.56 Å². The number of halogens is 1. The molecule has 0 spiro atoms. The molecule has 0 unspecified atom stereocenters. The van der Waals surface area contributed by atoms with Gasteiger partial charge in [-0.2, -0.15) is 0 Å². The number of hydrogen-bond donors (Lipinski definition) is 1. The summed E-state index contributed by atoms with van der Waals surface area (Å²) in [4.78, 5) is 16.0. The van der Waals surface area contributed by atoms with Gasteiger partial charge in [0.2, 0.25) is 0 Å². The average molecular weight is 322 g/mol. The number of pyridine rings is 1. The predicted octanol–water partition coefficient (Wildman–Crippen LogP) is 4.64. The summed E-state index contributed by atoms with van der Waals surface area (Å²) in [5, 5.41) is 2.53. The molecule has 0 fully saturated rings. The van der Waals surface area contributed by atoms with Gasteiger partial charge >= 0.3 is 6.09 Å². The highest BCUT2D eigenvalue weighted by molar-refractivity contribution is 5.85. The second-order valence-corrected chi connectivity index (χ2v) is 5.13. The van der Waals surface area contributed by atoms with Gasteiger partial charge in [0, 0.05) is 17.4 Å². The summed E-state index contributed by atoms with van der Waals surface area (Å²) in [6, 6.07) is 18.9. The number of hydrogen-bond acceptors (Lipinski definition) is 3. The van der Waals surface area contributed by atoms with E-state index < -0.39 is 11.9 Å². The van der Waals surface area contributed by atoms with Gasteiger partial charge in [-0.15, -0.1) is 0 Å². The maximum atomic E-state index is 13.8. The van der Waals surface area contributed by atoms with Crippen LogP contribution in [-0.2, 0) is 11.3 Å². The minimum atomic E-state index is -0.642. The molecule has 0 radical (unpaired) electrons. The number of aromatic nitrogens is 1. The number of nitrogens with one attached hydrogen (secondary N) is 1. The van der Waals surface area contributed by atoms with E-state index in [1.807, 2.05) is 36.4 Å². The molecule has 0 aliphatic rings. The van der Waals surface area contributed by atoms with Crippen LogP contribution in [0.4, 0.5) is 14.9 Å². The zero-order valence-electron chi connectivity index (χ0n) is 12.8. The van der Waals surface area contributed by atoms with Gasteiger partial charge in [-0.1, -0.05) is 36.4 Å². The first-order valence-electron chi connectivity index (χ1n) is 7.40. The highest BCUT2D eigenvalue weighted by Crippen LogP contribution is 2.22. The first-order chi connectivity index (χ1) is 11.7. The van der Waals surface area contributed by atoms with Crippen LogP contribution >= 0.6 is 0 Å². The molecule has 0 bridgehead atoms. The average Bonchev–Trinajstić information content (AvgIpc) is 2.61. The highest BCUT2D eigenvalue weighted by Gasteiger charge is 2.08. The Bertz CT molecular complexity index is 823. The molecule has 5 heteroatoms. The molecule has 3 aromatic rings. The summed E-state index contributed by atoms with van der Waals surface area (Å²) in [7, 11) is 0. The van der Waals surface area contributed by atoms with E-state index in [-0.39, 0.29) is 6.61 Å². The van der Waals surface area contributed by atoms with Gasteiger partial charge in [0.15, 0.2) is 0 Å². The lowest BCUT2D eigenvalue weighted by atomic mass is 10.1. The van der Waals surface area contributed by atoms with Crippen LogP contribution in [0, 0.1) is 5.82 Å². The maximum Gasteiger partial charge on any atom is 0.411 e. The number of carbonyl (C=O) groups excluding carboxylic acids is 1. The lowest BCUT2D eigenvalue weighted by Gasteiger charge is -2.09. The van der Waals surface area contributed by atoms with Crippen molar-refractivity contribution in [2.24, 2.45) is 0 Å². The summed E-state index contributed by atoms with van der Waals surface area (Å²) >= 11 is 0. The molecule has 2 aromatic carbocycles. The molecule has 3 rings (SSSR count). The molecule has 0 aliphatic carbocycles. The van der Waals surface area contributed by atoms with Crippen LogP contribution in [0.5, 0.6) is 0 Å². The zero-order chi connectivity index (χ0) is 16.8. The Morgan fingerprint density at radius 3 is 2.58 bits per heavy atom. The van der Waals surface area contributed by atoms with E-state index in [1.54, 1.807) is 24.4 Å². The van der Waals surface area contributed by atoms with Crippen molar-refractivity contribution in [2.75, 3.05) is 5.32 Å². The minimum absolute atomic E-state index is 0.148. The molecule has 1 aromatic heterocycles. The van der Waals surface area contributed by atoms with Crippen molar-refractivity contribution in [3.8, 4) is 11.3 Å². The topological polar surface area (TPSA) is 51.2 Å². The predicted molar refractivity (Wildman–Crippen MR) is 89.9 cm³/mol. The molecular formula is C19H15FN2O2. The number of ether oxygens (including phenoxy) is 1. The van der Waals surface area contributed by atoms with Gasteiger partial charge in [-0.05, 0) is 35.9 Å². The van der Waals surface area contributed by atoms with Crippen LogP contribution in [-0.4, -0.2) is 11.1 Å². The van der Waals surface area contributed by atoms with Crippen molar-refractivity contribution in [1.29, 1.82) is 0 Å². The monoisotopic (exact) mass is 322 g/mol. The molecule has 4 nitrogen and oxygen atoms in total. The van der Waals surface area contributed by atoms with E-state index in [4.69, 9.17) is 4.74 Å². The Balaban J connectivity index is 1.68. The largest absolute Gasteiger partial charge is 0.444 e. The van der Waals surface area contributed by atoms with Gasteiger partial charge in [-0.25, -0.2) is 9.18 Å². The fourth-order valence-corrected chi connectivity index (χ4v) is 2.22. The van der Waals surface area contributed by atoms with Gasteiger partial charge < -0.3 is 4.74 Å². The van der Waals surface area contributed by atoms with Crippen molar-refractivity contribution in [3.05, 3.63) is 84.3 Å². The molecule has 0 saturated heterocycles. The smallest absolute Gasteiger partial charge is 0.411 e. The molecule has 0 atom stereocenters. The van der Waals surface area contributed by atoms with Gasteiger partial charge in [0.1, 0.15) is 12.4 Å². The Hall–Kier alpha value is -3.21. The maximum absolute atomic E-state index is 13.8.